The summed E-state index contributed by atoms with van der Waals surface area (Å²) in [7, 11) is 0. The second-order valence-electron chi connectivity index (χ2n) is 18.5. The van der Waals surface area contributed by atoms with Crippen LogP contribution in [0.3, 0.4) is 0 Å². The van der Waals surface area contributed by atoms with Crippen LogP contribution in [0.4, 0.5) is 0 Å². The first-order valence-electron chi connectivity index (χ1n) is 25.6. The largest absolute Gasteiger partial charge is 0.465 e. The molecule has 0 bridgehead atoms. The average molecular weight is 874 g/mol. The van der Waals surface area contributed by atoms with Gasteiger partial charge in [0.2, 0.25) is 5.43 Å². The molecule has 0 saturated carbocycles. The Hall–Kier alpha value is -3.31. The van der Waals surface area contributed by atoms with E-state index in [9.17, 15) is 4.79 Å². The van der Waals surface area contributed by atoms with Gasteiger partial charge in [0.1, 0.15) is 5.75 Å². The van der Waals surface area contributed by atoms with Crippen molar-refractivity contribution in [1.82, 2.24) is 4.57 Å². The molecular formula is C53H79NO9. The van der Waals surface area contributed by atoms with Crippen molar-refractivity contribution >= 4 is 10.9 Å². The summed E-state index contributed by atoms with van der Waals surface area (Å²) in [4.78, 5) is 14.9. The molecule has 4 saturated heterocycles. The lowest BCUT2D eigenvalue weighted by Gasteiger charge is -2.29. The van der Waals surface area contributed by atoms with Crippen LogP contribution in [0.2, 0.25) is 0 Å². The molecule has 4 fully saturated rings. The van der Waals surface area contributed by atoms with Gasteiger partial charge in [-0.05, 0) is 88.1 Å². The van der Waals surface area contributed by atoms with Crippen molar-refractivity contribution in [2.45, 2.75) is 218 Å². The second kappa shape index (κ2) is 26.6. The van der Waals surface area contributed by atoms with E-state index >= 15 is 0 Å². The molecule has 5 heterocycles. The van der Waals surface area contributed by atoms with E-state index in [2.05, 4.69) is 11.5 Å². The van der Waals surface area contributed by atoms with E-state index in [1.54, 1.807) is 0 Å². The van der Waals surface area contributed by atoms with Crippen LogP contribution in [0.25, 0.3) is 22.2 Å². The lowest BCUT2D eigenvalue weighted by molar-refractivity contribution is -0.118. The fraction of sp³-hybridized carbons (Fsp3) is 0.717. The first kappa shape index (κ1) is 47.6. The van der Waals surface area contributed by atoms with Crippen molar-refractivity contribution in [3.8, 4) is 34.3 Å². The molecule has 4 aliphatic rings. The Morgan fingerprint density at radius 1 is 0.508 bits per heavy atom. The zero-order chi connectivity index (χ0) is 43.3. The summed E-state index contributed by atoms with van der Waals surface area (Å²) in [5.74, 6) is 2.17. The van der Waals surface area contributed by atoms with Gasteiger partial charge in [-0.1, -0.05) is 103 Å². The van der Waals surface area contributed by atoms with Gasteiger partial charge in [-0.3, -0.25) is 4.79 Å². The van der Waals surface area contributed by atoms with Crippen LogP contribution < -0.4 is 24.4 Å². The number of hydrogen-bond donors (Lipinski definition) is 0. The normalized spacial score (nSPS) is 21.9. The molecule has 1 aromatic heterocycles. The first-order chi connectivity index (χ1) is 31.2. The third-order valence-corrected chi connectivity index (χ3v) is 13.2. The van der Waals surface area contributed by atoms with Crippen LogP contribution in [0.1, 0.15) is 187 Å². The Morgan fingerprint density at radius 2 is 0.984 bits per heavy atom. The number of nitrogens with zero attached hydrogens (tertiary/aromatic N) is 1. The van der Waals surface area contributed by atoms with Gasteiger partial charge >= 0.3 is 0 Å². The number of ether oxygens (including phenoxy) is 8. The number of rotatable bonds is 26. The van der Waals surface area contributed by atoms with Crippen molar-refractivity contribution in [3.05, 3.63) is 46.6 Å². The number of aromatic nitrogens is 1. The fourth-order valence-corrected chi connectivity index (χ4v) is 9.55. The highest BCUT2D eigenvalue weighted by Crippen LogP contribution is 2.41. The number of aryl methyl sites for hydroxylation is 1. The van der Waals surface area contributed by atoms with Crippen molar-refractivity contribution in [1.29, 1.82) is 0 Å². The molecule has 0 N–H and O–H groups in total. The predicted octanol–water partition coefficient (Wildman–Crippen LogP) is 13.6. The van der Waals surface area contributed by atoms with Crippen molar-refractivity contribution in [2.75, 3.05) is 26.4 Å². The molecular weight excluding hydrogens is 795 g/mol. The quantitative estimate of drug-likeness (QED) is 0.0731. The maximum Gasteiger partial charge on any atom is 0.231 e. The maximum absolute atomic E-state index is 14.9. The molecule has 0 amide bonds. The van der Waals surface area contributed by atoms with E-state index in [1.807, 2.05) is 36.4 Å². The molecule has 10 heteroatoms. The lowest BCUT2D eigenvalue weighted by atomic mass is 10.0. The minimum absolute atomic E-state index is 0.160. The summed E-state index contributed by atoms with van der Waals surface area (Å²) in [6.07, 6.45) is 30.8. The smallest absolute Gasteiger partial charge is 0.231 e. The zero-order valence-corrected chi connectivity index (χ0v) is 38.7. The average Bonchev–Trinajstić information content (AvgIpc) is 3.32. The van der Waals surface area contributed by atoms with Gasteiger partial charge in [0.05, 0.1) is 37.6 Å². The maximum atomic E-state index is 14.9. The van der Waals surface area contributed by atoms with Crippen LogP contribution >= 0.6 is 0 Å². The minimum Gasteiger partial charge on any atom is -0.465 e. The zero-order valence-electron chi connectivity index (χ0n) is 38.7. The highest BCUT2D eigenvalue weighted by atomic mass is 16.7. The molecule has 4 unspecified atom stereocenters. The van der Waals surface area contributed by atoms with Crippen LogP contribution in [0, 0.1) is 0 Å². The van der Waals surface area contributed by atoms with E-state index in [4.69, 9.17) is 37.9 Å². The minimum atomic E-state index is -0.505. The Labute approximate surface area is 378 Å². The summed E-state index contributed by atoms with van der Waals surface area (Å²) in [6.45, 7) is 5.63. The number of pyridine rings is 1. The predicted molar refractivity (Wildman–Crippen MR) is 250 cm³/mol. The second-order valence-corrected chi connectivity index (χ2v) is 18.5. The van der Waals surface area contributed by atoms with E-state index < -0.39 is 6.29 Å². The SMILES string of the molecule is CCCCCCCCCCCCCCCCCCn1c(-c2ccc(OC3CCCCO3)c(OC3CCCCO3)c2)c(OC2CCCCO2)c(=O)c2ccc(OC3CCCCO3)cc21. The third kappa shape index (κ3) is 14.9. The van der Waals surface area contributed by atoms with Gasteiger partial charge in [0.15, 0.2) is 42.4 Å². The van der Waals surface area contributed by atoms with Gasteiger partial charge in [-0.25, -0.2) is 0 Å². The van der Waals surface area contributed by atoms with Gasteiger partial charge in [-0.15, -0.1) is 0 Å². The summed E-state index contributed by atoms with van der Waals surface area (Å²) in [5, 5.41) is 0.597. The summed E-state index contributed by atoms with van der Waals surface area (Å²) in [6, 6.07) is 11.8. The Kier molecular flexibility index (Phi) is 20.1. The van der Waals surface area contributed by atoms with E-state index in [1.165, 1.54) is 89.9 Å². The van der Waals surface area contributed by atoms with Crippen molar-refractivity contribution < 1.29 is 37.9 Å². The Bertz CT molecular complexity index is 1820. The van der Waals surface area contributed by atoms with Gasteiger partial charge < -0.3 is 42.5 Å². The molecule has 3 aromatic rings. The molecule has 350 valence electrons. The highest BCUT2D eigenvalue weighted by Gasteiger charge is 2.28. The number of fused-ring (bicyclic) bond motifs is 1. The first-order valence-corrected chi connectivity index (χ1v) is 25.6. The van der Waals surface area contributed by atoms with Crippen LogP contribution in [0.15, 0.2) is 41.2 Å². The molecule has 0 spiro atoms. The molecule has 0 radical (unpaired) electrons. The topological polar surface area (TPSA) is 95.8 Å². The van der Waals surface area contributed by atoms with Crippen LogP contribution in [-0.2, 0) is 25.5 Å². The number of hydrogen-bond acceptors (Lipinski definition) is 9. The van der Waals surface area contributed by atoms with Gasteiger partial charge in [-0.2, -0.15) is 0 Å². The van der Waals surface area contributed by atoms with Crippen LogP contribution in [0.5, 0.6) is 23.0 Å². The molecule has 63 heavy (non-hydrogen) atoms. The lowest BCUT2D eigenvalue weighted by Crippen LogP contribution is -2.29. The highest BCUT2D eigenvalue weighted by molar-refractivity contribution is 5.87. The summed E-state index contributed by atoms with van der Waals surface area (Å²) in [5.41, 5.74) is 2.17. The standard InChI is InChI=1S/C53H79NO9/c1-2-3-4-5-6-7-8-9-10-11-12-13-14-15-16-21-34-54-44-40-42(60-47-26-17-22-35-56-47)31-32-43(44)52(55)53(63-50-29-20-25-38-59-50)51(54)41-30-33-45(61-48-27-18-23-36-57-48)46(39-41)62-49-28-19-24-37-58-49/h30-33,39-40,47-50H,2-29,34-38H2,1H3. The van der Waals surface area contributed by atoms with Crippen LogP contribution in [-0.4, -0.2) is 56.2 Å². The van der Waals surface area contributed by atoms with E-state index in [0.29, 0.717) is 67.1 Å². The van der Waals surface area contributed by atoms with E-state index in [-0.39, 0.29) is 24.3 Å². The molecule has 4 atom stereocenters. The van der Waals surface area contributed by atoms with E-state index in [0.717, 1.165) is 101 Å². The van der Waals surface area contributed by atoms with Gasteiger partial charge in [0, 0.05) is 49.2 Å². The fourth-order valence-electron chi connectivity index (χ4n) is 9.55. The molecule has 4 aliphatic heterocycles. The Morgan fingerprint density at radius 3 is 1.49 bits per heavy atom. The summed E-state index contributed by atoms with van der Waals surface area (Å²) < 4.78 is 52.8. The molecule has 7 rings (SSSR count). The van der Waals surface area contributed by atoms with Gasteiger partial charge in [0.25, 0.3) is 0 Å². The number of benzene rings is 2. The number of unbranched alkanes of at least 4 members (excludes halogenated alkanes) is 15. The Balaban J connectivity index is 1.14. The summed E-state index contributed by atoms with van der Waals surface area (Å²) >= 11 is 0. The third-order valence-electron chi connectivity index (χ3n) is 13.2. The molecule has 2 aromatic carbocycles. The van der Waals surface area contributed by atoms with Crippen molar-refractivity contribution in [2.24, 2.45) is 0 Å². The molecule has 10 nitrogen and oxygen atoms in total. The monoisotopic (exact) mass is 874 g/mol. The van der Waals surface area contributed by atoms with Crippen molar-refractivity contribution in [3.63, 3.8) is 0 Å². The molecule has 0 aliphatic carbocycles.